The van der Waals surface area contributed by atoms with Crippen LogP contribution >= 0.6 is 0 Å². The molecular formula is C24H23F2NO5S. The van der Waals surface area contributed by atoms with Crippen molar-refractivity contribution in [2.45, 2.75) is 30.6 Å². The van der Waals surface area contributed by atoms with Gasteiger partial charge in [0.25, 0.3) is 5.91 Å². The van der Waals surface area contributed by atoms with Gasteiger partial charge >= 0.3 is 6.61 Å². The number of methoxy groups -OCH3 is 1. The Morgan fingerprint density at radius 2 is 1.58 bits per heavy atom. The van der Waals surface area contributed by atoms with Crippen molar-refractivity contribution in [2.75, 3.05) is 12.4 Å². The van der Waals surface area contributed by atoms with E-state index in [1.165, 1.54) is 49.6 Å². The molecule has 0 aliphatic carbocycles. The highest BCUT2D eigenvalue weighted by atomic mass is 32.2. The number of benzene rings is 3. The van der Waals surface area contributed by atoms with Crippen LogP contribution in [-0.2, 0) is 9.84 Å². The Hall–Kier alpha value is -3.46. The van der Waals surface area contributed by atoms with Crippen LogP contribution in [0.25, 0.3) is 11.1 Å². The second-order valence-corrected chi connectivity index (χ2v) is 9.89. The molecule has 0 radical (unpaired) electrons. The fourth-order valence-corrected chi connectivity index (χ4v) is 4.13. The first-order valence-corrected chi connectivity index (χ1v) is 11.5. The highest BCUT2D eigenvalue weighted by Gasteiger charge is 2.20. The topological polar surface area (TPSA) is 81.7 Å². The predicted octanol–water partition coefficient (Wildman–Crippen LogP) is 5.40. The zero-order chi connectivity index (χ0) is 24.2. The van der Waals surface area contributed by atoms with Gasteiger partial charge in [0.15, 0.2) is 9.84 Å². The number of carbonyl (C=O) groups is 1. The molecule has 0 unspecified atom stereocenters. The molecule has 3 rings (SSSR count). The van der Waals surface area contributed by atoms with E-state index in [2.05, 4.69) is 10.1 Å². The van der Waals surface area contributed by atoms with Crippen molar-refractivity contribution >= 4 is 21.4 Å². The summed E-state index contributed by atoms with van der Waals surface area (Å²) in [6, 6.07) is 16.7. The Morgan fingerprint density at radius 1 is 0.939 bits per heavy atom. The lowest BCUT2D eigenvalue weighted by Crippen LogP contribution is -2.15. The number of anilines is 1. The van der Waals surface area contributed by atoms with Gasteiger partial charge in [-0.25, -0.2) is 8.42 Å². The van der Waals surface area contributed by atoms with Crippen LogP contribution in [0.2, 0.25) is 0 Å². The minimum Gasteiger partial charge on any atom is -0.497 e. The van der Waals surface area contributed by atoms with Gasteiger partial charge in [0, 0.05) is 16.8 Å². The molecule has 174 valence electrons. The van der Waals surface area contributed by atoms with Gasteiger partial charge in [0.2, 0.25) is 0 Å². The van der Waals surface area contributed by atoms with Crippen LogP contribution in [0.4, 0.5) is 14.5 Å². The first-order valence-electron chi connectivity index (χ1n) is 10.0. The molecule has 9 heteroatoms. The summed E-state index contributed by atoms with van der Waals surface area (Å²) in [5, 5.41) is 2.12. The number of nitrogens with one attached hydrogen (secondary N) is 1. The summed E-state index contributed by atoms with van der Waals surface area (Å²) in [5.41, 5.74) is 1.54. The minimum absolute atomic E-state index is 0.0450. The lowest BCUT2D eigenvalue weighted by atomic mass is 10.0. The van der Waals surface area contributed by atoms with Crippen LogP contribution in [0.5, 0.6) is 11.5 Å². The zero-order valence-electron chi connectivity index (χ0n) is 18.2. The van der Waals surface area contributed by atoms with Crippen LogP contribution in [0.3, 0.4) is 0 Å². The predicted molar refractivity (Wildman–Crippen MR) is 122 cm³/mol. The normalized spacial score (nSPS) is 11.5. The summed E-state index contributed by atoms with van der Waals surface area (Å²) in [4.78, 5) is 12.8. The van der Waals surface area contributed by atoms with E-state index in [0.717, 1.165) is 0 Å². The molecule has 3 aromatic carbocycles. The maximum Gasteiger partial charge on any atom is 0.387 e. The van der Waals surface area contributed by atoms with Gasteiger partial charge in [-0.2, -0.15) is 8.78 Å². The summed E-state index contributed by atoms with van der Waals surface area (Å²) in [6.07, 6.45) is 0. The van der Waals surface area contributed by atoms with Gasteiger partial charge in [0.05, 0.1) is 17.3 Å². The van der Waals surface area contributed by atoms with Gasteiger partial charge < -0.3 is 14.8 Å². The maximum atomic E-state index is 12.9. The first kappa shape index (κ1) is 24.2. The molecule has 1 amide bonds. The smallest absolute Gasteiger partial charge is 0.387 e. The number of halogens is 2. The van der Waals surface area contributed by atoms with Crippen molar-refractivity contribution in [3.8, 4) is 22.6 Å². The number of rotatable bonds is 8. The largest absolute Gasteiger partial charge is 0.497 e. The summed E-state index contributed by atoms with van der Waals surface area (Å²) in [7, 11) is -1.93. The van der Waals surface area contributed by atoms with Gasteiger partial charge in [-0.15, -0.1) is 0 Å². The Bertz CT molecular complexity index is 1220. The molecule has 0 aliphatic heterocycles. The van der Waals surface area contributed by atoms with E-state index in [9.17, 15) is 22.0 Å². The monoisotopic (exact) mass is 475 g/mol. The van der Waals surface area contributed by atoms with Crippen molar-refractivity contribution in [1.82, 2.24) is 0 Å². The van der Waals surface area contributed by atoms with Crippen molar-refractivity contribution in [2.24, 2.45) is 0 Å². The van der Waals surface area contributed by atoms with Gasteiger partial charge in [-0.3, -0.25) is 4.79 Å². The number of hydrogen-bond acceptors (Lipinski definition) is 5. The summed E-state index contributed by atoms with van der Waals surface area (Å²) in [6.45, 7) is 0.151. The highest BCUT2D eigenvalue weighted by Crippen LogP contribution is 2.34. The van der Waals surface area contributed by atoms with Crippen molar-refractivity contribution < 1.29 is 31.5 Å². The SMILES string of the molecule is COc1ccc(-c2cc(NC(=O)c3ccc(S(=O)(=O)C(C)C)cc3)ccc2OC(F)F)cc1. The van der Waals surface area contributed by atoms with E-state index >= 15 is 0 Å². The molecule has 1 N–H and O–H groups in total. The fraction of sp³-hybridized carbons (Fsp3) is 0.208. The Kier molecular flexibility index (Phi) is 7.33. The molecule has 0 aliphatic rings. The molecule has 3 aromatic rings. The van der Waals surface area contributed by atoms with Crippen LogP contribution in [0, 0.1) is 0 Å². The average Bonchev–Trinajstić information content (AvgIpc) is 2.79. The number of hydrogen-bond donors (Lipinski definition) is 1. The quantitative estimate of drug-likeness (QED) is 0.472. The highest BCUT2D eigenvalue weighted by molar-refractivity contribution is 7.92. The molecule has 0 aromatic heterocycles. The summed E-state index contributed by atoms with van der Waals surface area (Å²) >= 11 is 0. The number of alkyl halides is 2. The standard InChI is InChI=1S/C24H23F2NO5S/c1-15(2)33(29,30)20-11-6-17(7-12-20)23(28)27-18-8-13-22(32-24(25)26)21(14-18)16-4-9-19(31-3)10-5-16/h4-15,24H,1-3H3,(H,27,28). The van der Waals surface area contributed by atoms with Crippen molar-refractivity contribution in [3.63, 3.8) is 0 Å². The first-order chi connectivity index (χ1) is 15.6. The van der Waals surface area contributed by atoms with E-state index in [1.54, 1.807) is 38.1 Å². The Morgan fingerprint density at radius 3 is 2.12 bits per heavy atom. The number of carbonyl (C=O) groups excluding carboxylic acids is 1. The minimum atomic E-state index is -3.45. The van der Waals surface area contributed by atoms with Crippen LogP contribution in [0.1, 0.15) is 24.2 Å². The molecule has 0 atom stereocenters. The number of sulfone groups is 1. The van der Waals surface area contributed by atoms with E-state index in [4.69, 9.17) is 4.74 Å². The number of amides is 1. The number of ether oxygens (including phenoxy) is 2. The van der Waals surface area contributed by atoms with Crippen molar-refractivity contribution in [1.29, 1.82) is 0 Å². The second-order valence-electron chi connectivity index (χ2n) is 7.39. The van der Waals surface area contributed by atoms with E-state index in [-0.39, 0.29) is 16.2 Å². The molecule has 0 saturated carbocycles. The van der Waals surface area contributed by atoms with Crippen LogP contribution in [-0.4, -0.2) is 33.3 Å². The third-order valence-corrected chi connectivity index (χ3v) is 7.09. The average molecular weight is 476 g/mol. The molecule has 6 nitrogen and oxygen atoms in total. The van der Waals surface area contributed by atoms with E-state index in [0.29, 0.717) is 22.6 Å². The Labute approximate surface area is 191 Å². The zero-order valence-corrected chi connectivity index (χ0v) is 19.0. The lowest BCUT2D eigenvalue weighted by molar-refractivity contribution is -0.0494. The van der Waals surface area contributed by atoms with Crippen molar-refractivity contribution in [3.05, 3.63) is 72.3 Å². The van der Waals surface area contributed by atoms with Crippen LogP contribution in [0.15, 0.2) is 71.6 Å². The van der Waals surface area contributed by atoms with Gasteiger partial charge in [-0.1, -0.05) is 12.1 Å². The molecule has 0 saturated heterocycles. The third kappa shape index (κ3) is 5.67. The second kappa shape index (κ2) is 9.99. The van der Waals surface area contributed by atoms with E-state index in [1.807, 2.05) is 0 Å². The van der Waals surface area contributed by atoms with Crippen LogP contribution < -0.4 is 14.8 Å². The molecule has 0 fully saturated rings. The van der Waals surface area contributed by atoms with Gasteiger partial charge in [-0.05, 0) is 74.0 Å². The summed E-state index contributed by atoms with van der Waals surface area (Å²) in [5.74, 6) is 0.0746. The molecule has 0 spiro atoms. The lowest BCUT2D eigenvalue weighted by Gasteiger charge is -2.14. The van der Waals surface area contributed by atoms with Gasteiger partial charge in [0.1, 0.15) is 11.5 Å². The third-order valence-electron chi connectivity index (χ3n) is 4.92. The summed E-state index contributed by atoms with van der Waals surface area (Å²) < 4.78 is 60.0. The molecule has 0 bridgehead atoms. The molecular weight excluding hydrogens is 452 g/mol. The van der Waals surface area contributed by atoms with E-state index < -0.39 is 27.6 Å². The molecule has 0 heterocycles. The maximum absolute atomic E-state index is 12.9. The fourth-order valence-electron chi connectivity index (χ4n) is 3.07. The Balaban J connectivity index is 1.88. The molecule has 33 heavy (non-hydrogen) atoms.